The average Bonchev–Trinajstić information content (AvgIpc) is 3.42. The average molecular weight is 361 g/mol. The van der Waals surface area contributed by atoms with Gasteiger partial charge in [0.1, 0.15) is 4.90 Å². The molecule has 134 valence electrons. The number of nitrogens with two attached hydrogens (primary N) is 1. The number of nitrogens with zero attached hydrogens (tertiary/aromatic N) is 2. The monoisotopic (exact) mass is 361 g/mol. The number of sulfonamides is 1. The first-order chi connectivity index (χ1) is 12.0. The summed E-state index contributed by atoms with van der Waals surface area (Å²) in [6.45, 7) is 1.45. The van der Waals surface area contributed by atoms with E-state index in [9.17, 15) is 13.2 Å². The van der Waals surface area contributed by atoms with Gasteiger partial charge in [-0.25, -0.2) is 8.42 Å². The largest absolute Gasteiger partial charge is 0.328 e. The van der Waals surface area contributed by atoms with Crippen LogP contribution in [0.4, 0.5) is 0 Å². The number of pyridine rings is 1. The molecule has 2 aromatic rings. The predicted octanol–water partition coefficient (Wildman–Crippen LogP) is 1.52. The van der Waals surface area contributed by atoms with E-state index < -0.39 is 10.0 Å². The first-order valence-electron chi connectivity index (χ1n) is 8.85. The molecule has 2 N–H and O–H groups in total. The molecule has 7 heteroatoms. The van der Waals surface area contributed by atoms with E-state index >= 15 is 0 Å². The van der Waals surface area contributed by atoms with Gasteiger partial charge in [0.15, 0.2) is 0 Å². The quantitative estimate of drug-likeness (QED) is 0.895. The van der Waals surface area contributed by atoms with Crippen LogP contribution in [0.1, 0.15) is 25.7 Å². The SMILES string of the molecule is NC1CCN(S(=O)(=O)c2cn(CC3CC3)c(=O)c3ccccc23)CC1. The fourth-order valence-electron chi connectivity index (χ4n) is 3.48. The Morgan fingerprint density at radius 3 is 2.32 bits per heavy atom. The van der Waals surface area contributed by atoms with Crippen molar-refractivity contribution in [2.75, 3.05) is 13.1 Å². The minimum Gasteiger partial charge on any atom is -0.328 e. The number of hydrogen-bond acceptors (Lipinski definition) is 4. The highest BCUT2D eigenvalue weighted by atomic mass is 32.2. The molecular formula is C18H23N3O3S. The molecule has 1 aromatic heterocycles. The van der Waals surface area contributed by atoms with Gasteiger partial charge in [-0.1, -0.05) is 18.2 Å². The smallest absolute Gasteiger partial charge is 0.258 e. The summed E-state index contributed by atoms with van der Waals surface area (Å²) in [6, 6.07) is 7.05. The second kappa shape index (κ2) is 6.23. The summed E-state index contributed by atoms with van der Waals surface area (Å²) in [4.78, 5) is 13.0. The molecule has 0 amide bonds. The summed E-state index contributed by atoms with van der Waals surface area (Å²) in [5.41, 5.74) is 5.80. The molecule has 0 unspecified atom stereocenters. The van der Waals surface area contributed by atoms with Crippen molar-refractivity contribution in [1.82, 2.24) is 8.87 Å². The standard InChI is InChI=1S/C18H23N3O3S/c19-14-7-9-21(10-8-14)25(23,24)17-12-20(11-13-5-6-13)18(22)16-4-2-1-3-15(16)17/h1-4,12-14H,5-11,19H2. The lowest BCUT2D eigenvalue weighted by Crippen LogP contribution is -2.43. The van der Waals surface area contributed by atoms with E-state index in [1.807, 2.05) is 0 Å². The minimum absolute atomic E-state index is 0.0621. The molecule has 0 atom stereocenters. The first-order valence-corrected chi connectivity index (χ1v) is 10.3. The first kappa shape index (κ1) is 16.8. The van der Waals surface area contributed by atoms with Gasteiger partial charge < -0.3 is 10.3 Å². The van der Waals surface area contributed by atoms with Crippen LogP contribution >= 0.6 is 0 Å². The van der Waals surface area contributed by atoms with Crippen molar-refractivity contribution in [2.45, 2.75) is 43.2 Å². The highest BCUT2D eigenvalue weighted by Gasteiger charge is 2.31. The normalized spacial score (nSPS) is 20.2. The summed E-state index contributed by atoms with van der Waals surface area (Å²) in [5, 5.41) is 0.979. The van der Waals surface area contributed by atoms with Gasteiger partial charge in [0.05, 0.1) is 0 Å². The van der Waals surface area contributed by atoms with Gasteiger partial charge in [-0.3, -0.25) is 4.79 Å². The van der Waals surface area contributed by atoms with Crippen LogP contribution in [0.15, 0.2) is 40.2 Å². The maximum Gasteiger partial charge on any atom is 0.258 e. The van der Waals surface area contributed by atoms with Crippen LogP contribution in [0, 0.1) is 5.92 Å². The highest BCUT2D eigenvalue weighted by Crippen LogP contribution is 2.31. The number of benzene rings is 1. The summed E-state index contributed by atoms with van der Waals surface area (Å²) < 4.78 is 29.6. The Labute approximate surface area is 147 Å². The molecule has 2 aliphatic rings. The highest BCUT2D eigenvalue weighted by molar-refractivity contribution is 7.89. The fraction of sp³-hybridized carbons (Fsp3) is 0.500. The molecule has 1 saturated heterocycles. The van der Waals surface area contributed by atoms with Crippen LogP contribution < -0.4 is 11.3 Å². The van der Waals surface area contributed by atoms with E-state index in [1.165, 1.54) is 4.31 Å². The van der Waals surface area contributed by atoms with Gasteiger partial charge in [0.2, 0.25) is 10.0 Å². The predicted molar refractivity (Wildman–Crippen MR) is 96.9 cm³/mol. The summed E-state index contributed by atoms with van der Waals surface area (Å²) in [7, 11) is -3.65. The number of aromatic nitrogens is 1. The van der Waals surface area contributed by atoms with E-state index in [-0.39, 0.29) is 16.5 Å². The lowest BCUT2D eigenvalue weighted by atomic mass is 10.1. The maximum absolute atomic E-state index is 13.2. The van der Waals surface area contributed by atoms with E-state index in [0.29, 0.717) is 49.2 Å². The molecule has 2 fully saturated rings. The fourth-order valence-corrected chi connectivity index (χ4v) is 5.17. The van der Waals surface area contributed by atoms with Gasteiger partial charge in [-0.15, -0.1) is 0 Å². The molecule has 1 aromatic carbocycles. The van der Waals surface area contributed by atoms with Crippen molar-refractivity contribution in [2.24, 2.45) is 11.7 Å². The molecule has 1 aliphatic heterocycles. The Balaban J connectivity index is 1.85. The van der Waals surface area contributed by atoms with E-state index in [4.69, 9.17) is 5.73 Å². The molecule has 0 radical (unpaired) electrons. The minimum atomic E-state index is -3.65. The molecule has 25 heavy (non-hydrogen) atoms. The summed E-state index contributed by atoms with van der Waals surface area (Å²) in [6.07, 6.45) is 5.08. The lowest BCUT2D eigenvalue weighted by molar-refractivity contribution is 0.320. The van der Waals surface area contributed by atoms with Crippen molar-refractivity contribution in [3.05, 3.63) is 40.8 Å². The molecule has 0 spiro atoms. The zero-order chi connectivity index (χ0) is 17.6. The second-order valence-corrected chi connectivity index (χ2v) is 9.09. The van der Waals surface area contributed by atoms with Crippen LogP contribution in [-0.4, -0.2) is 36.4 Å². The third kappa shape index (κ3) is 3.12. The van der Waals surface area contributed by atoms with Crippen molar-refractivity contribution >= 4 is 20.8 Å². The van der Waals surface area contributed by atoms with Crippen molar-refractivity contribution in [1.29, 1.82) is 0 Å². The number of hydrogen-bond donors (Lipinski definition) is 1. The van der Waals surface area contributed by atoms with Gasteiger partial charge in [0.25, 0.3) is 5.56 Å². The molecular weight excluding hydrogens is 338 g/mol. The van der Waals surface area contributed by atoms with Gasteiger partial charge in [0, 0.05) is 42.6 Å². The molecule has 2 heterocycles. The zero-order valence-electron chi connectivity index (χ0n) is 14.1. The van der Waals surface area contributed by atoms with Crippen molar-refractivity contribution in [3.63, 3.8) is 0 Å². The third-order valence-electron chi connectivity index (χ3n) is 5.23. The lowest BCUT2D eigenvalue weighted by Gasteiger charge is -2.29. The van der Waals surface area contributed by atoms with Gasteiger partial charge in [-0.05, 0) is 37.7 Å². The summed E-state index contributed by atoms with van der Waals surface area (Å²) in [5.74, 6) is 0.488. The molecule has 0 bridgehead atoms. The van der Waals surface area contributed by atoms with Gasteiger partial charge in [-0.2, -0.15) is 4.31 Å². The van der Waals surface area contributed by atoms with Crippen LogP contribution in [0.25, 0.3) is 10.8 Å². The summed E-state index contributed by atoms with van der Waals surface area (Å²) >= 11 is 0. The van der Waals surface area contributed by atoms with Crippen LogP contribution in [0.5, 0.6) is 0 Å². The van der Waals surface area contributed by atoms with Crippen LogP contribution in [0.3, 0.4) is 0 Å². The second-order valence-electron chi connectivity index (χ2n) is 7.18. The van der Waals surface area contributed by atoms with E-state index in [0.717, 1.165) is 12.8 Å². The van der Waals surface area contributed by atoms with Crippen molar-refractivity contribution < 1.29 is 8.42 Å². The van der Waals surface area contributed by atoms with Crippen molar-refractivity contribution in [3.8, 4) is 0 Å². The van der Waals surface area contributed by atoms with Crippen LogP contribution in [-0.2, 0) is 16.6 Å². The Kier molecular flexibility index (Phi) is 4.17. The third-order valence-corrected chi connectivity index (χ3v) is 7.15. The topological polar surface area (TPSA) is 85.4 Å². The van der Waals surface area contributed by atoms with Gasteiger partial charge >= 0.3 is 0 Å². The van der Waals surface area contributed by atoms with E-state index in [1.54, 1.807) is 35.0 Å². The van der Waals surface area contributed by atoms with E-state index in [2.05, 4.69) is 0 Å². The van der Waals surface area contributed by atoms with Crippen LogP contribution in [0.2, 0.25) is 0 Å². The Morgan fingerprint density at radius 2 is 1.68 bits per heavy atom. The molecule has 4 rings (SSSR count). The molecule has 1 saturated carbocycles. The maximum atomic E-state index is 13.2. The zero-order valence-corrected chi connectivity index (χ0v) is 14.9. The number of piperidine rings is 1. The Hall–Kier alpha value is -1.70. The Morgan fingerprint density at radius 1 is 1.04 bits per heavy atom. The number of rotatable bonds is 4. The molecule has 6 nitrogen and oxygen atoms in total. The number of fused-ring (bicyclic) bond motifs is 1. The molecule has 1 aliphatic carbocycles. The Bertz CT molecular complexity index is 955.